The molecule has 0 heterocycles. The maximum Gasteiger partial charge on any atom is 0.416 e. The first-order valence-corrected chi connectivity index (χ1v) is 8.17. The topological polar surface area (TPSA) is 72.7 Å². The second-order valence-corrected chi connectivity index (χ2v) is 6.17. The van der Waals surface area contributed by atoms with Crippen molar-refractivity contribution in [3.05, 3.63) is 69.3 Å². The summed E-state index contributed by atoms with van der Waals surface area (Å²) in [6.45, 7) is -1.08. The summed E-state index contributed by atoms with van der Waals surface area (Å²) in [4.78, 5) is 23.5. The molecule has 0 aliphatic heterocycles. The third kappa shape index (κ3) is 5.84. The number of rotatable bonds is 6. The van der Waals surface area contributed by atoms with E-state index in [4.69, 9.17) is 4.74 Å². The highest BCUT2D eigenvalue weighted by Crippen LogP contribution is 2.38. The number of halogens is 6. The van der Waals surface area contributed by atoms with E-state index in [1.54, 1.807) is 0 Å². The van der Waals surface area contributed by atoms with Gasteiger partial charge in [0.25, 0.3) is 11.6 Å². The lowest BCUT2D eigenvalue weighted by atomic mass is 10.1. The fourth-order valence-corrected chi connectivity index (χ4v) is 2.43. The zero-order valence-corrected chi connectivity index (χ0v) is 15.3. The van der Waals surface area contributed by atoms with Crippen LogP contribution in [0.25, 0.3) is 0 Å². The second kappa shape index (κ2) is 8.59. The van der Waals surface area contributed by atoms with Crippen molar-refractivity contribution in [2.75, 3.05) is 13.7 Å². The smallest absolute Gasteiger partial charge is 0.416 e. The van der Waals surface area contributed by atoms with Crippen LogP contribution in [0.5, 0.6) is 5.75 Å². The number of benzene rings is 2. The maximum absolute atomic E-state index is 12.9. The molecule has 0 radical (unpaired) electrons. The van der Waals surface area contributed by atoms with Gasteiger partial charge in [0, 0.05) is 18.7 Å². The van der Waals surface area contributed by atoms with Gasteiger partial charge in [-0.1, -0.05) is 18.2 Å². The number of hydrogen-bond acceptors (Lipinski definition) is 4. The minimum atomic E-state index is -5.05. The number of para-hydroxylation sites is 1. The normalized spacial score (nSPS) is 11.8. The largest absolute Gasteiger partial charge is 0.484 e. The first kappa shape index (κ1) is 23.0. The molecule has 0 bridgehead atoms. The quantitative estimate of drug-likeness (QED) is 0.375. The number of nitro groups is 1. The van der Waals surface area contributed by atoms with Gasteiger partial charge < -0.3 is 9.64 Å². The molecule has 0 saturated heterocycles. The van der Waals surface area contributed by atoms with E-state index in [1.165, 1.54) is 31.3 Å². The predicted molar refractivity (Wildman–Crippen MR) is 91.5 cm³/mol. The van der Waals surface area contributed by atoms with Crippen molar-refractivity contribution in [3.8, 4) is 5.75 Å². The number of alkyl halides is 6. The molecule has 1 amide bonds. The molecule has 0 fully saturated rings. The van der Waals surface area contributed by atoms with Gasteiger partial charge in [-0.2, -0.15) is 26.3 Å². The summed E-state index contributed by atoms with van der Waals surface area (Å²) in [5, 5.41) is 11.0. The highest BCUT2D eigenvalue weighted by molar-refractivity contribution is 5.77. The Kier molecular flexibility index (Phi) is 6.58. The Bertz CT molecular complexity index is 911. The minimum absolute atomic E-state index is 0.0602. The first-order chi connectivity index (χ1) is 13.8. The molecule has 30 heavy (non-hydrogen) atoms. The third-order valence-electron chi connectivity index (χ3n) is 3.95. The predicted octanol–water partition coefficient (Wildman–Crippen LogP) is 4.67. The average Bonchev–Trinajstić information content (AvgIpc) is 2.64. The van der Waals surface area contributed by atoms with Crippen LogP contribution in [0.2, 0.25) is 0 Å². The van der Waals surface area contributed by atoms with E-state index in [2.05, 4.69) is 0 Å². The summed E-state index contributed by atoms with van der Waals surface area (Å²) in [5.74, 6) is -1.59. The fourth-order valence-electron chi connectivity index (χ4n) is 2.43. The van der Waals surface area contributed by atoms with Gasteiger partial charge in [-0.05, 0) is 18.2 Å². The molecule has 0 N–H and O–H groups in total. The molecule has 0 aliphatic carbocycles. The van der Waals surface area contributed by atoms with Gasteiger partial charge in [-0.25, -0.2) is 0 Å². The summed E-state index contributed by atoms with van der Waals surface area (Å²) in [5.41, 5.74) is -3.20. The maximum atomic E-state index is 12.9. The molecule has 0 atom stereocenters. The van der Waals surface area contributed by atoms with Crippen LogP contribution in [0.4, 0.5) is 32.0 Å². The second-order valence-electron chi connectivity index (χ2n) is 6.17. The van der Waals surface area contributed by atoms with Crippen LogP contribution < -0.4 is 4.74 Å². The molecule has 12 heteroatoms. The highest BCUT2D eigenvalue weighted by atomic mass is 19.4. The molecule has 2 rings (SSSR count). The average molecular weight is 436 g/mol. The molecule has 2 aromatic carbocycles. The van der Waals surface area contributed by atoms with E-state index in [0.717, 1.165) is 4.90 Å². The number of ether oxygens (including phenoxy) is 1. The molecule has 0 spiro atoms. The van der Waals surface area contributed by atoms with Gasteiger partial charge in [0.05, 0.1) is 22.6 Å². The zero-order chi connectivity index (χ0) is 22.7. The molecule has 0 saturated carbocycles. The van der Waals surface area contributed by atoms with Crippen molar-refractivity contribution < 1.29 is 40.8 Å². The van der Waals surface area contributed by atoms with Crippen LogP contribution in [0.1, 0.15) is 16.7 Å². The highest BCUT2D eigenvalue weighted by Gasteiger charge is 2.37. The Hall–Kier alpha value is -3.31. The lowest BCUT2D eigenvalue weighted by molar-refractivity contribution is -0.385. The van der Waals surface area contributed by atoms with Crippen molar-refractivity contribution in [3.63, 3.8) is 0 Å². The van der Waals surface area contributed by atoms with Gasteiger partial charge >= 0.3 is 12.4 Å². The van der Waals surface area contributed by atoms with Gasteiger partial charge in [0.15, 0.2) is 6.61 Å². The lowest BCUT2D eigenvalue weighted by Gasteiger charge is -2.18. The van der Waals surface area contributed by atoms with Crippen molar-refractivity contribution >= 4 is 11.6 Å². The van der Waals surface area contributed by atoms with Gasteiger partial charge in [-0.15, -0.1) is 0 Å². The summed E-state index contributed by atoms with van der Waals surface area (Å²) in [6, 6.07) is 6.22. The van der Waals surface area contributed by atoms with E-state index < -0.39 is 46.7 Å². The SMILES string of the molecule is CN(Cc1ccccc1[N+](=O)[O-])C(=O)COc1cc(C(F)(F)F)cc(C(F)(F)F)c1. The molecule has 0 unspecified atom stereocenters. The third-order valence-corrected chi connectivity index (χ3v) is 3.95. The minimum Gasteiger partial charge on any atom is -0.484 e. The van der Waals surface area contributed by atoms with Crippen LogP contribution in [0.3, 0.4) is 0 Å². The summed E-state index contributed by atoms with van der Waals surface area (Å²) < 4.78 is 82.0. The number of hydrogen-bond donors (Lipinski definition) is 0. The Morgan fingerprint density at radius 2 is 1.57 bits per heavy atom. The molecule has 162 valence electrons. The zero-order valence-electron chi connectivity index (χ0n) is 15.3. The van der Waals surface area contributed by atoms with E-state index in [1.807, 2.05) is 0 Å². The number of nitro benzene ring substituents is 1. The van der Waals surface area contributed by atoms with Crippen molar-refractivity contribution in [2.24, 2.45) is 0 Å². The van der Waals surface area contributed by atoms with E-state index >= 15 is 0 Å². The molecule has 2 aromatic rings. The summed E-state index contributed by atoms with van der Waals surface area (Å²) in [6.07, 6.45) is -10.1. The Morgan fingerprint density at radius 3 is 2.07 bits per heavy atom. The number of carbonyl (C=O) groups excluding carboxylic acids is 1. The number of likely N-dealkylation sites (N-methyl/N-ethyl adjacent to an activating group) is 1. The monoisotopic (exact) mass is 436 g/mol. The van der Waals surface area contributed by atoms with E-state index in [9.17, 15) is 41.3 Å². The number of carbonyl (C=O) groups is 1. The van der Waals surface area contributed by atoms with E-state index in [0.29, 0.717) is 12.1 Å². The van der Waals surface area contributed by atoms with Crippen molar-refractivity contribution in [1.29, 1.82) is 0 Å². The van der Waals surface area contributed by atoms with Crippen molar-refractivity contribution in [2.45, 2.75) is 18.9 Å². The molecule has 0 aliphatic rings. The standard InChI is InChI=1S/C18H14F6N2O4/c1-25(9-11-4-2-3-5-15(11)26(28)29)16(27)10-30-14-7-12(17(19,20)21)6-13(8-14)18(22,23)24/h2-8H,9-10H2,1H3. The fraction of sp³-hybridized carbons (Fsp3) is 0.278. The van der Waals surface area contributed by atoms with Gasteiger partial charge in [-0.3, -0.25) is 14.9 Å². The summed E-state index contributed by atoms with van der Waals surface area (Å²) in [7, 11) is 1.26. The number of amides is 1. The lowest BCUT2D eigenvalue weighted by Crippen LogP contribution is -2.31. The Morgan fingerprint density at radius 1 is 1.03 bits per heavy atom. The van der Waals surface area contributed by atoms with Crippen molar-refractivity contribution in [1.82, 2.24) is 4.90 Å². The first-order valence-electron chi connectivity index (χ1n) is 8.17. The molecular formula is C18H14F6N2O4. The number of nitrogens with zero attached hydrogens (tertiary/aromatic N) is 2. The van der Waals surface area contributed by atoms with Crippen LogP contribution in [-0.4, -0.2) is 29.4 Å². The molecule has 0 aromatic heterocycles. The molecule has 6 nitrogen and oxygen atoms in total. The van der Waals surface area contributed by atoms with Crippen LogP contribution in [-0.2, 0) is 23.7 Å². The van der Waals surface area contributed by atoms with Crippen LogP contribution in [0, 0.1) is 10.1 Å². The Balaban J connectivity index is 2.15. The van der Waals surface area contributed by atoms with Crippen LogP contribution >= 0.6 is 0 Å². The van der Waals surface area contributed by atoms with Gasteiger partial charge in [0.1, 0.15) is 5.75 Å². The van der Waals surface area contributed by atoms with E-state index in [-0.39, 0.29) is 23.9 Å². The summed E-state index contributed by atoms with van der Waals surface area (Å²) >= 11 is 0. The van der Waals surface area contributed by atoms with Gasteiger partial charge in [0.2, 0.25) is 0 Å². The van der Waals surface area contributed by atoms with Crippen LogP contribution in [0.15, 0.2) is 42.5 Å². The molecular weight excluding hydrogens is 422 g/mol. The Labute approximate surface area is 165 Å².